The molecule has 4 atom stereocenters. The van der Waals surface area contributed by atoms with Crippen molar-refractivity contribution in [2.45, 2.75) is 59.4 Å². The van der Waals surface area contributed by atoms with Crippen molar-refractivity contribution in [1.82, 2.24) is 5.32 Å². The molecule has 0 saturated heterocycles. The first-order valence-electron chi connectivity index (χ1n) is 9.64. The van der Waals surface area contributed by atoms with Crippen molar-refractivity contribution in [2.75, 3.05) is 5.32 Å². The molecule has 2 aliphatic rings. The molecule has 4 heteroatoms. The number of aryl methyl sites for hydroxylation is 3. The monoisotopic (exact) mass is 351 g/mol. The molecule has 2 aliphatic carbocycles. The molecule has 4 unspecified atom stereocenters. The number of rotatable bonds is 5. The fraction of sp³-hybridized carbons (Fsp3) is 0.545. The zero-order chi connectivity index (χ0) is 18.8. The molecule has 0 heterocycles. The van der Waals surface area contributed by atoms with Gasteiger partial charge >= 0.3 is 0 Å². The molecule has 0 aromatic heterocycles. The number of amides is 1. The summed E-state index contributed by atoms with van der Waals surface area (Å²) in [5.74, 6) is 2.02. The first-order chi connectivity index (χ1) is 12.4. The molecule has 0 aliphatic heterocycles. The molecule has 2 bridgehead atoms. The summed E-state index contributed by atoms with van der Waals surface area (Å²) in [6.07, 6.45) is 6.96. The Bertz CT molecular complexity index is 751. The van der Waals surface area contributed by atoms with Crippen LogP contribution in [0.1, 0.15) is 49.3 Å². The third-order valence-corrected chi connectivity index (χ3v) is 6.21. The van der Waals surface area contributed by atoms with Gasteiger partial charge in [-0.2, -0.15) is 5.26 Å². The molecular formula is C22H29N3O. The normalized spacial score (nSPS) is 25.7. The van der Waals surface area contributed by atoms with E-state index in [9.17, 15) is 10.1 Å². The van der Waals surface area contributed by atoms with Crippen LogP contribution in [0.25, 0.3) is 0 Å². The van der Waals surface area contributed by atoms with Crippen LogP contribution in [0.4, 0.5) is 5.69 Å². The average Bonchev–Trinajstić information content (AvgIpc) is 3.21. The largest absolute Gasteiger partial charge is 0.387 e. The second-order valence-electron chi connectivity index (χ2n) is 8.19. The second kappa shape index (κ2) is 7.53. The van der Waals surface area contributed by atoms with Gasteiger partial charge < -0.3 is 10.6 Å². The van der Waals surface area contributed by atoms with Crippen molar-refractivity contribution in [3.05, 3.63) is 40.6 Å². The number of carbonyl (C=O) groups excluding carboxylic acids is 1. The Labute approximate surface area is 156 Å². The van der Waals surface area contributed by atoms with Crippen molar-refractivity contribution in [3.8, 4) is 6.07 Å². The maximum absolute atomic E-state index is 12.6. The molecule has 138 valence electrons. The van der Waals surface area contributed by atoms with Gasteiger partial charge in [-0.15, -0.1) is 0 Å². The van der Waals surface area contributed by atoms with Gasteiger partial charge in [-0.25, -0.2) is 0 Å². The Hall–Kier alpha value is -2.28. The van der Waals surface area contributed by atoms with Crippen molar-refractivity contribution in [1.29, 1.82) is 5.26 Å². The standard InChI is InChI=1S/C22H29N3O/c1-13-7-14(2)21(15(3)8-13)25-22(26)19(11-23)12-24-16(4)20-10-17-5-6-18(20)9-17/h7-8,12,16-18,20,24H,5-6,9-10H2,1-4H3,(H,25,26)/b19-12-. The third-order valence-electron chi connectivity index (χ3n) is 6.21. The van der Waals surface area contributed by atoms with Gasteiger partial charge in [0.2, 0.25) is 0 Å². The number of nitrogens with one attached hydrogen (secondary N) is 2. The van der Waals surface area contributed by atoms with Gasteiger partial charge in [0.25, 0.3) is 5.91 Å². The minimum absolute atomic E-state index is 0.124. The first-order valence-corrected chi connectivity index (χ1v) is 9.64. The number of nitrogens with zero attached hydrogens (tertiary/aromatic N) is 1. The van der Waals surface area contributed by atoms with E-state index in [4.69, 9.17) is 0 Å². The van der Waals surface area contributed by atoms with E-state index in [0.29, 0.717) is 12.0 Å². The quantitative estimate of drug-likeness (QED) is 0.611. The topological polar surface area (TPSA) is 64.9 Å². The zero-order valence-corrected chi connectivity index (χ0v) is 16.2. The van der Waals surface area contributed by atoms with Crippen molar-refractivity contribution in [2.24, 2.45) is 17.8 Å². The lowest BCUT2D eigenvalue weighted by molar-refractivity contribution is -0.112. The molecule has 1 amide bonds. The van der Waals surface area contributed by atoms with Crippen molar-refractivity contribution >= 4 is 11.6 Å². The molecule has 2 fully saturated rings. The van der Waals surface area contributed by atoms with Gasteiger partial charge in [0, 0.05) is 17.9 Å². The minimum atomic E-state index is -0.352. The van der Waals surface area contributed by atoms with Crippen LogP contribution in [0.3, 0.4) is 0 Å². The number of hydrogen-bond donors (Lipinski definition) is 2. The Morgan fingerprint density at radius 2 is 1.92 bits per heavy atom. The highest BCUT2D eigenvalue weighted by Gasteiger charge is 2.41. The Morgan fingerprint density at radius 3 is 2.46 bits per heavy atom. The maximum atomic E-state index is 12.6. The highest BCUT2D eigenvalue weighted by Crippen LogP contribution is 2.49. The van der Waals surface area contributed by atoms with E-state index >= 15 is 0 Å². The van der Waals surface area contributed by atoms with E-state index in [-0.39, 0.29) is 11.5 Å². The van der Waals surface area contributed by atoms with E-state index in [1.165, 1.54) is 25.7 Å². The molecule has 1 aromatic rings. The fourth-order valence-corrected chi connectivity index (χ4v) is 4.95. The van der Waals surface area contributed by atoms with E-state index in [1.54, 1.807) is 6.20 Å². The van der Waals surface area contributed by atoms with Crippen LogP contribution in [-0.4, -0.2) is 11.9 Å². The molecule has 2 saturated carbocycles. The predicted octanol–water partition coefficient (Wildman–Crippen LogP) is 4.37. The summed E-state index contributed by atoms with van der Waals surface area (Å²) >= 11 is 0. The van der Waals surface area contributed by atoms with Crippen LogP contribution in [0.15, 0.2) is 23.9 Å². The summed E-state index contributed by atoms with van der Waals surface area (Å²) in [5, 5.41) is 15.6. The summed E-state index contributed by atoms with van der Waals surface area (Å²) in [6.45, 7) is 8.15. The zero-order valence-electron chi connectivity index (χ0n) is 16.2. The molecule has 1 aromatic carbocycles. The van der Waals surface area contributed by atoms with Crippen molar-refractivity contribution < 1.29 is 4.79 Å². The van der Waals surface area contributed by atoms with Crippen LogP contribution in [0.2, 0.25) is 0 Å². The second-order valence-corrected chi connectivity index (χ2v) is 8.19. The van der Waals surface area contributed by atoms with Gasteiger partial charge in [0.1, 0.15) is 11.6 Å². The van der Waals surface area contributed by atoms with Gasteiger partial charge in [-0.3, -0.25) is 4.79 Å². The highest BCUT2D eigenvalue weighted by atomic mass is 16.1. The first kappa shape index (κ1) is 18.5. The van der Waals surface area contributed by atoms with E-state index in [0.717, 1.165) is 34.2 Å². The number of anilines is 1. The summed E-state index contributed by atoms with van der Waals surface area (Å²) in [6, 6.07) is 6.41. The summed E-state index contributed by atoms with van der Waals surface area (Å²) in [5.41, 5.74) is 4.10. The minimum Gasteiger partial charge on any atom is -0.387 e. The van der Waals surface area contributed by atoms with Crippen LogP contribution in [0, 0.1) is 49.9 Å². The third kappa shape index (κ3) is 3.77. The molecule has 0 spiro atoms. The van der Waals surface area contributed by atoms with E-state index < -0.39 is 0 Å². The fourth-order valence-electron chi connectivity index (χ4n) is 4.95. The molecule has 0 radical (unpaired) electrons. The Kier molecular flexibility index (Phi) is 5.36. The molecular weight excluding hydrogens is 322 g/mol. The summed E-state index contributed by atoms with van der Waals surface area (Å²) in [4.78, 5) is 12.6. The number of carbonyl (C=O) groups is 1. The van der Waals surface area contributed by atoms with Gasteiger partial charge in [0.05, 0.1) is 0 Å². The Balaban J connectivity index is 1.65. The number of hydrogen-bond acceptors (Lipinski definition) is 3. The SMILES string of the molecule is Cc1cc(C)c(NC(=O)/C(C#N)=C\NC(C)C2CC3CCC2C3)c(C)c1. The van der Waals surface area contributed by atoms with Crippen molar-refractivity contribution in [3.63, 3.8) is 0 Å². The predicted molar refractivity (Wildman–Crippen MR) is 105 cm³/mol. The van der Waals surface area contributed by atoms with E-state index in [1.807, 2.05) is 39.0 Å². The lowest BCUT2D eigenvalue weighted by atomic mass is 9.84. The highest BCUT2D eigenvalue weighted by molar-refractivity contribution is 6.07. The summed E-state index contributed by atoms with van der Waals surface area (Å²) < 4.78 is 0. The lowest BCUT2D eigenvalue weighted by Crippen LogP contribution is -2.34. The maximum Gasteiger partial charge on any atom is 0.267 e. The van der Waals surface area contributed by atoms with Crippen LogP contribution < -0.4 is 10.6 Å². The number of nitriles is 1. The van der Waals surface area contributed by atoms with Gasteiger partial charge in [-0.1, -0.05) is 24.1 Å². The Morgan fingerprint density at radius 1 is 1.23 bits per heavy atom. The smallest absolute Gasteiger partial charge is 0.267 e. The number of benzene rings is 1. The van der Waals surface area contributed by atoms with Gasteiger partial charge in [0.15, 0.2) is 0 Å². The molecule has 2 N–H and O–H groups in total. The molecule has 4 nitrogen and oxygen atoms in total. The van der Waals surface area contributed by atoms with Crippen LogP contribution in [-0.2, 0) is 4.79 Å². The molecule has 3 rings (SSSR count). The molecule has 26 heavy (non-hydrogen) atoms. The van der Waals surface area contributed by atoms with Gasteiger partial charge in [-0.05, 0) is 75.8 Å². The number of fused-ring (bicyclic) bond motifs is 2. The average molecular weight is 351 g/mol. The van der Waals surface area contributed by atoms with E-state index in [2.05, 4.69) is 17.6 Å². The van der Waals surface area contributed by atoms with Crippen LogP contribution in [0.5, 0.6) is 0 Å². The van der Waals surface area contributed by atoms with Crippen LogP contribution >= 0.6 is 0 Å². The summed E-state index contributed by atoms with van der Waals surface area (Å²) in [7, 11) is 0. The lowest BCUT2D eigenvalue weighted by Gasteiger charge is -2.28.